The summed E-state index contributed by atoms with van der Waals surface area (Å²) in [5, 5.41) is 21.2. The molecule has 7 rings (SSSR count). The Balaban J connectivity index is 1.25. The lowest BCUT2D eigenvalue weighted by molar-refractivity contribution is -0.384. The van der Waals surface area contributed by atoms with E-state index in [1.54, 1.807) is 5.38 Å². The minimum atomic E-state index is -1.69. The molecule has 0 bridgehead atoms. The number of thiazole rings is 1. The molecule has 11 nitrogen and oxygen atoms in total. The van der Waals surface area contributed by atoms with Gasteiger partial charge in [0, 0.05) is 17.5 Å². The Morgan fingerprint density at radius 1 is 0.717 bits per heavy atom. The number of non-ortho nitro benzene ring substituents is 1. The fourth-order valence-corrected chi connectivity index (χ4v) is 7.30. The number of ether oxygens (including phenoxy) is 2. The zero-order valence-electron chi connectivity index (χ0n) is 32.7. The number of nitrogens with zero attached hydrogens (tertiary/aromatic N) is 3. The van der Waals surface area contributed by atoms with Crippen LogP contribution in [0.4, 0.5) is 10.8 Å². The van der Waals surface area contributed by atoms with Crippen LogP contribution in [0.25, 0.3) is 0 Å². The first-order valence-electron chi connectivity index (χ1n) is 19.0. The topological polar surface area (TPSA) is 142 Å². The third-order valence-electron chi connectivity index (χ3n) is 9.66. The summed E-state index contributed by atoms with van der Waals surface area (Å²) < 4.78 is 11.8. The van der Waals surface area contributed by atoms with E-state index < -0.39 is 34.1 Å². The SMILES string of the molecule is CC(C)(O/N=C(/C(=O)OC(c1ccccc1)c1ccccc1)c1csc(NC(c2ccccc2)(c2ccccc2)c2ccccc2)n1)C(=O)OCc1ccc([N+](=O)[O-])cc1. The van der Waals surface area contributed by atoms with Crippen molar-refractivity contribution in [1.29, 1.82) is 0 Å². The number of nitro benzene ring substituents is 1. The van der Waals surface area contributed by atoms with Crippen LogP contribution in [0.1, 0.15) is 59.0 Å². The maximum Gasteiger partial charge on any atom is 0.363 e. The fourth-order valence-electron chi connectivity index (χ4n) is 6.55. The van der Waals surface area contributed by atoms with Crippen molar-refractivity contribution in [3.63, 3.8) is 0 Å². The average Bonchev–Trinajstić information content (AvgIpc) is 3.76. The van der Waals surface area contributed by atoms with Gasteiger partial charge in [0.2, 0.25) is 11.3 Å². The first kappa shape index (κ1) is 40.7. The Bertz CT molecular complexity index is 2420. The van der Waals surface area contributed by atoms with E-state index in [9.17, 15) is 19.7 Å². The summed E-state index contributed by atoms with van der Waals surface area (Å²) in [5.74, 6) is -1.64. The van der Waals surface area contributed by atoms with Gasteiger partial charge < -0.3 is 19.6 Å². The molecule has 0 unspecified atom stereocenters. The minimum absolute atomic E-state index is 0.0875. The molecular weight excluding hydrogens is 777 g/mol. The van der Waals surface area contributed by atoms with Crippen LogP contribution < -0.4 is 5.32 Å². The van der Waals surface area contributed by atoms with E-state index in [-0.39, 0.29) is 23.7 Å². The molecule has 0 spiro atoms. The van der Waals surface area contributed by atoms with Crippen molar-refractivity contribution >= 4 is 39.8 Å². The smallest absolute Gasteiger partial charge is 0.363 e. The summed E-state index contributed by atoms with van der Waals surface area (Å²) in [6.07, 6.45) is -0.817. The molecule has 12 heteroatoms. The molecule has 0 amide bonds. The number of benzene rings is 6. The van der Waals surface area contributed by atoms with Gasteiger partial charge >= 0.3 is 11.9 Å². The highest BCUT2D eigenvalue weighted by atomic mass is 32.1. The molecule has 0 radical (unpaired) electrons. The first-order valence-corrected chi connectivity index (χ1v) is 19.9. The largest absolute Gasteiger partial charge is 0.458 e. The van der Waals surface area contributed by atoms with Crippen molar-refractivity contribution in [3.8, 4) is 0 Å². The van der Waals surface area contributed by atoms with Gasteiger partial charge in [-0.3, -0.25) is 10.1 Å². The lowest BCUT2D eigenvalue weighted by Crippen LogP contribution is -2.38. The van der Waals surface area contributed by atoms with Crippen LogP contribution in [0.3, 0.4) is 0 Å². The number of aromatic nitrogens is 1. The van der Waals surface area contributed by atoms with E-state index in [2.05, 4.69) is 46.9 Å². The molecule has 0 aliphatic rings. The lowest BCUT2D eigenvalue weighted by atomic mass is 9.77. The van der Waals surface area contributed by atoms with Gasteiger partial charge in [0.15, 0.2) is 11.2 Å². The van der Waals surface area contributed by atoms with Crippen molar-refractivity contribution in [1.82, 2.24) is 4.98 Å². The molecule has 0 atom stereocenters. The van der Waals surface area contributed by atoms with Gasteiger partial charge in [-0.1, -0.05) is 157 Å². The number of anilines is 1. The molecule has 0 fully saturated rings. The summed E-state index contributed by atoms with van der Waals surface area (Å²) in [5.41, 5.74) is 2.04. The predicted molar refractivity (Wildman–Crippen MR) is 230 cm³/mol. The maximum atomic E-state index is 14.5. The number of hydrogen-bond acceptors (Lipinski definition) is 11. The Hall–Kier alpha value is -7.44. The number of nitrogens with one attached hydrogen (secondary N) is 1. The Morgan fingerprint density at radius 2 is 1.18 bits per heavy atom. The first-order chi connectivity index (χ1) is 29.1. The number of esters is 2. The second-order valence-corrected chi connectivity index (χ2v) is 15.0. The van der Waals surface area contributed by atoms with Crippen LogP contribution in [-0.4, -0.2) is 33.2 Å². The molecule has 1 N–H and O–H groups in total. The highest BCUT2D eigenvalue weighted by Gasteiger charge is 2.38. The zero-order valence-corrected chi connectivity index (χ0v) is 33.5. The summed E-state index contributed by atoms with van der Waals surface area (Å²) >= 11 is 1.27. The predicted octanol–water partition coefficient (Wildman–Crippen LogP) is 10.0. The van der Waals surface area contributed by atoms with Crippen molar-refractivity contribution < 1.29 is 28.8 Å². The van der Waals surface area contributed by atoms with Crippen LogP contribution in [-0.2, 0) is 36.0 Å². The van der Waals surface area contributed by atoms with Crippen LogP contribution >= 0.6 is 11.3 Å². The highest BCUT2D eigenvalue weighted by molar-refractivity contribution is 7.14. The molecule has 1 aromatic heterocycles. The van der Waals surface area contributed by atoms with Crippen LogP contribution in [0.5, 0.6) is 0 Å². The number of rotatable bonds is 16. The molecular formula is C48H40N4O7S. The third kappa shape index (κ3) is 9.30. The number of carbonyl (C=O) groups excluding carboxylic acids is 2. The standard InChI is InChI=1S/C48H40N4O7S/c1-47(2,45(54)57-32-34-28-30-40(31-29-34)52(55)56)59-51-42(44(53)58-43(35-18-8-3-9-19-35)36-20-10-4-11-21-36)41-33-60-46(49-41)50-48(37-22-12-5-13-23-37,38-24-14-6-15-25-38)39-26-16-7-17-27-39/h3-31,33,43H,32H2,1-2H3,(H,49,50)/b51-42+. The summed E-state index contributed by atoms with van der Waals surface area (Å²) in [6.45, 7) is 2.73. The molecule has 0 aliphatic heterocycles. The van der Waals surface area contributed by atoms with Crippen molar-refractivity contribution in [3.05, 3.63) is 230 Å². The van der Waals surface area contributed by atoms with E-state index in [0.29, 0.717) is 10.7 Å². The van der Waals surface area contributed by atoms with E-state index >= 15 is 0 Å². The summed E-state index contributed by atoms with van der Waals surface area (Å²) in [4.78, 5) is 49.2. The van der Waals surface area contributed by atoms with E-state index in [1.165, 1.54) is 49.4 Å². The number of nitro groups is 1. The van der Waals surface area contributed by atoms with Crippen LogP contribution in [0, 0.1) is 10.1 Å². The summed E-state index contributed by atoms with van der Waals surface area (Å²) in [7, 11) is 0. The molecule has 0 saturated heterocycles. The summed E-state index contributed by atoms with van der Waals surface area (Å²) in [6, 6.07) is 54.4. The fraction of sp³-hybridized carbons (Fsp3) is 0.125. The quantitative estimate of drug-likeness (QED) is 0.0332. The lowest BCUT2D eigenvalue weighted by Gasteiger charge is -2.36. The van der Waals surface area contributed by atoms with E-state index in [4.69, 9.17) is 19.3 Å². The van der Waals surface area contributed by atoms with Crippen molar-refractivity contribution in [2.24, 2.45) is 5.16 Å². The zero-order chi connectivity index (χ0) is 42.0. The second kappa shape index (κ2) is 18.4. The number of hydrogen-bond donors (Lipinski definition) is 1. The average molecular weight is 817 g/mol. The number of carbonyl (C=O) groups is 2. The van der Waals surface area contributed by atoms with Crippen molar-refractivity contribution in [2.45, 2.75) is 37.7 Å². The monoisotopic (exact) mass is 816 g/mol. The second-order valence-electron chi connectivity index (χ2n) is 14.2. The maximum absolute atomic E-state index is 14.5. The highest BCUT2D eigenvalue weighted by Crippen LogP contribution is 2.41. The molecule has 300 valence electrons. The van der Waals surface area contributed by atoms with Crippen molar-refractivity contribution in [2.75, 3.05) is 5.32 Å². The third-order valence-corrected chi connectivity index (χ3v) is 10.4. The Labute approximate surface area is 351 Å². The van der Waals surface area contributed by atoms with Gasteiger partial charge in [-0.15, -0.1) is 11.3 Å². The van der Waals surface area contributed by atoms with Gasteiger partial charge in [-0.05, 0) is 59.4 Å². The normalized spacial score (nSPS) is 11.8. The van der Waals surface area contributed by atoms with E-state index in [0.717, 1.165) is 27.8 Å². The number of oxime groups is 1. The van der Waals surface area contributed by atoms with Gasteiger partial charge in [0.25, 0.3) is 5.69 Å². The van der Waals surface area contributed by atoms with E-state index in [1.807, 2.05) is 115 Å². The molecule has 6 aromatic carbocycles. The Kier molecular flexibility index (Phi) is 12.5. The molecule has 7 aromatic rings. The molecule has 0 aliphatic carbocycles. The van der Waals surface area contributed by atoms with Crippen LogP contribution in [0.2, 0.25) is 0 Å². The van der Waals surface area contributed by atoms with Gasteiger partial charge in [-0.25, -0.2) is 14.6 Å². The molecule has 1 heterocycles. The molecule has 0 saturated carbocycles. The minimum Gasteiger partial charge on any atom is -0.458 e. The van der Waals surface area contributed by atoms with Gasteiger partial charge in [0.05, 0.1) is 4.92 Å². The van der Waals surface area contributed by atoms with Crippen LogP contribution in [0.15, 0.2) is 186 Å². The Morgan fingerprint density at radius 3 is 1.65 bits per heavy atom. The van der Waals surface area contributed by atoms with Gasteiger partial charge in [-0.2, -0.15) is 0 Å². The molecule has 60 heavy (non-hydrogen) atoms. The van der Waals surface area contributed by atoms with Gasteiger partial charge in [0.1, 0.15) is 17.8 Å².